The van der Waals surface area contributed by atoms with E-state index < -0.39 is 0 Å². The number of unbranched alkanes of at least 4 members (excludes halogenated alkanes) is 4. The van der Waals surface area contributed by atoms with Gasteiger partial charge in [-0.05, 0) is 37.2 Å². The highest BCUT2D eigenvalue weighted by molar-refractivity contribution is 5.49. The van der Waals surface area contributed by atoms with Crippen LogP contribution in [0, 0.1) is 5.41 Å². The van der Waals surface area contributed by atoms with Crippen molar-refractivity contribution in [3.8, 4) is 11.5 Å². The lowest BCUT2D eigenvalue weighted by molar-refractivity contribution is 0.0758. The summed E-state index contributed by atoms with van der Waals surface area (Å²) in [6, 6.07) is 5.60. The van der Waals surface area contributed by atoms with Crippen molar-refractivity contribution in [2.24, 2.45) is 5.41 Å². The van der Waals surface area contributed by atoms with Crippen LogP contribution in [0.3, 0.4) is 0 Å². The molecule has 0 unspecified atom stereocenters. The second-order valence-electron chi connectivity index (χ2n) is 8.73. The fourth-order valence-electron chi connectivity index (χ4n) is 4.94. The molecule has 1 aromatic rings. The van der Waals surface area contributed by atoms with Gasteiger partial charge in [-0.1, -0.05) is 98.1 Å². The van der Waals surface area contributed by atoms with Gasteiger partial charge in [-0.3, -0.25) is 0 Å². The van der Waals surface area contributed by atoms with Crippen LogP contribution in [0.15, 0.2) is 18.2 Å². The summed E-state index contributed by atoms with van der Waals surface area (Å²) in [7, 11) is 0. The van der Waals surface area contributed by atoms with Gasteiger partial charge in [-0.2, -0.15) is 0 Å². The van der Waals surface area contributed by atoms with Crippen LogP contribution in [0.2, 0.25) is 0 Å². The van der Waals surface area contributed by atoms with Gasteiger partial charge in [0.15, 0.2) is 11.5 Å². The molecule has 156 valence electrons. The third-order valence-corrected chi connectivity index (χ3v) is 6.76. The Morgan fingerprint density at radius 3 is 1.59 bits per heavy atom. The molecule has 2 heteroatoms. The van der Waals surface area contributed by atoms with E-state index in [4.69, 9.17) is 0 Å². The van der Waals surface area contributed by atoms with Crippen LogP contribution in [-0.2, 0) is 5.41 Å². The Bertz CT molecular complexity index is 519. The van der Waals surface area contributed by atoms with E-state index in [9.17, 15) is 10.2 Å². The summed E-state index contributed by atoms with van der Waals surface area (Å²) in [4.78, 5) is 0. The number of rotatable bonds is 14. The Hall–Kier alpha value is -1.18. The van der Waals surface area contributed by atoms with Crippen molar-refractivity contribution in [3.05, 3.63) is 23.8 Å². The number of hydrogen-bond acceptors (Lipinski definition) is 2. The molecule has 0 aliphatic carbocycles. The first-order valence-corrected chi connectivity index (χ1v) is 11.4. The number of aromatic hydroxyl groups is 2. The van der Waals surface area contributed by atoms with E-state index in [1.807, 2.05) is 6.07 Å². The van der Waals surface area contributed by atoms with Crippen LogP contribution in [0.5, 0.6) is 11.5 Å². The average Bonchev–Trinajstić information content (AvgIpc) is 2.67. The number of phenols is 2. The fourth-order valence-corrected chi connectivity index (χ4v) is 4.94. The lowest BCUT2D eigenvalue weighted by Gasteiger charge is -2.51. The molecular formula is C25H44O2. The molecule has 0 saturated heterocycles. The molecule has 0 fully saturated rings. The SMILES string of the molecule is CCCCC(C)(CCCC)C(CCCC)(CCCC)c1cccc(O)c1O. The second-order valence-corrected chi connectivity index (χ2v) is 8.73. The van der Waals surface area contributed by atoms with E-state index in [1.165, 1.54) is 38.5 Å². The van der Waals surface area contributed by atoms with Gasteiger partial charge in [-0.25, -0.2) is 0 Å². The van der Waals surface area contributed by atoms with Gasteiger partial charge in [0.2, 0.25) is 0 Å². The zero-order valence-corrected chi connectivity index (χ0v) is 18.6. The second kappa shape index (κ2) is 11.6. The molecule has 0 radical (unpaired) electrons. The molecule has 0 bridgehead atoms. The Labute approximate surface area is 168 Å². The molecule has 2 N–H and O–H groups in total. The highest BCUT2D eigenvalue weighted by atomic mass is 16.3. The van der Waals surface area contributed by atoms with Gasteiger partial charge >= 0.3 is 0 Å². The summed E-state index contributed by atoms with van der Waals surface area (Å²) < 4.78 is 0. The van der Waals surface area contributed by atoms with Gasteiger partial charge < -0.3 is 10.2 Å². The Morgan fingerprint density at radius 1 is 0.704 bits per heavy atom. The van der Waals surface area contributed by atoms with Crippen molar-refractivity contribution in [2.75, 3.05) is 0 Å². The van der Waals surface area contributed by atoms with Crippen molar-refractivity contribution >= 4 is 0 Å². The van der Waals surface area contributed by atoms with E-state index in [-0.39, 0.29) is 22.3 Å². The van der Waals surface area contributed by atoms with Crippen molar-refractivity contribution < 1.29 is 10.2 Å². The van der Waals surface area contributed by atoms with Gasteiger partial charge in [-0.15, -0.1) is 0 Å². The summed E-state index contributed by atoms with van der Waals surface area (Å²) in [5.74, 6) is 0.141. The summed E-state index contributed by atoms with van der Waals surface area (Å²) in [5, 5.41) is 21.2. The Kier molecular flexibility index (Phi) is 10.3. The summed E-state index contributed by atoms with van der Waals surface area (Å²) >= 11 is 0. The van der Waals surface area contributed by atoms with Crippen LogP contribution in [0.25, 0.3) is 0 Å². The van der Waals surface area contributed by atoms with E-state index in [0.717, 1.165) is 44.1 Å². The summed E-state index contributed by atoms with van der Waals surface area (Å²) in [5.41, 5.74) is 1.04. The maximum absolute atomic E-state index is 10.9. The molecule has 0 saturated carbocycles. The van der Waals surface area contributed by atoms with Gasteiger partial charge in [0.25, 0.3) is 0 Å². The minimum absolute atomic E-state index is 0.0261. The third-order valence-electron chi connectivity index (χ3n) is 6.76. The van der Waals surface area contributed by atoms with Crippen LogP contribution in [-0.4, -0.2) is 10.2 Å². The van der Waals surface area contributed by atoms with Gasteiger partial charge in [0.1, 0.15) is 0 Å². The minimum atomic E-state index is -0.0772. The molecule has 0 spiro atoms. The molecule has 0 aromatic heterocycles. The third kappa shape index (κ3) is 5.65. The lowest BCUT2D eigenvalue weighted by atomic mass is 9.53. The molecule has 0 atom stereocenters. The normalized spacial score (nSPS) is 12.5. The first kappa shape index (κ1) is 23.9. The van der Waals surface area contributed by atoms with Crippen LogP contribution < -0.4 is 0 Å². The average molecular weight is 377 g/mol. The highest BCUT2D eigenvalue weighted by Gasteiger charge is 2.48. The molecule has 0 aliphatic heterocycles. The number of benzene rings is 1. The fraction of sp³-hybridized carbons (Fsp3) is 0.760. The van der Waals surface area contributed by atoms with E-state index in [2.05, 4.69) is 40.7 Å². The van der Waals surface area contributed by atoms with Crippen LogP contribution in [0.1, 0.15) is 117 Å². The molecule has 27 heavy (non-hydrogen) atoms. The summed E-state index contributed by atoms with van der Waals surface area (Å²) in [6.07, 6.45) is 14.0. The molecule has 0 aliphatic rings. The van der Waals surface area contributed by atoms with Crippen LogP contribution in [0.4, 0.5) is 0 Å². The quantitative estimate of drug-likeness (QED) is 0.322. The zero-order valence-electron chi connectivity index (χ0n) is 18.6. The highest BCUT2D eigenvalue weighted by Crippen LogP contribution is 2.57. The Morgan fingerprint density at radius 2 is 1.15 bits per heavy atom. The monoisotopic (exact) mass is 376 g/mol. The number of phenolic OH excluding ortho intramolecular Hbond substituents is 2. The topological polar surface area (TPSA) is 40.5 Å². The molecule has 0 amide bonds. The molecule has 1 aromatic carbocycles. The summed E-state index contributed by atoms with van der Waals surface area (Å²) in [6.45, 7) is 11.5. The maximum atomic E-state index is 10.9. The molecular weight excluding hydrogens is 332 g/mol. The predicted molar refractivity (Wildman–Crippen MR) is 118 cm³/mol. The number of hydrogen-bond donors (Lipinski definition) is 2. The Balaban J connectivity index is 3.60. The first-order chi connectivity index (χ1) is 12.9. The van der Waals surface area contributed by atoms with Crippen molar-refractivity contribution in [1.82, 2.24) is 0 Å². The minimum Gasteiger partial charge on any atom is -0.504 e. The number of para-hydroxylation sites is 1. The lowest BCUT2D eigenvalue weighted by Crippen LogP contribution is -2.44. The maximum Gasteiger partial charge on any atom is 0.161 e. The largest absolute Gasteiger partial charge is 0.504 e. The smallest absolute Gasteiger partial charge is 0.161 e. The van der Waals surface area contributed by atoms with Crippen molar-refractivity contribution in [3.63, 3.8) is 0 Å². The van der Waals surface area contributed by atoms with E-state index in [0.29, 0.717) is 0 Å². The van der Waals surface area contributed by atoms with E-state index in [1.54, 1.807) is 6.07 Å². The standard InChI is InChI=1S/C25H44O2/c1-6-10-17-24(5,18-11-7-2)25(19-12-8-3,20-13-9-4)21-15-14-16-22(26)23(21)27/h14-16,26-27H,6-13,17-20H2,1-5H3. The van der Waals surface area contributed by atoms with Crippen molar-refractivity contribution in [1.29, 1.82) is 0 Å². The van der Waals surface area contributed by atoms with E-state index >= 15 is 0 Å². The first-order valence-electron chi connectivity index (χ1n) is 11.4. The van der Waals surface area contributed by atoms with Gasteiger partial charge in [0.05, 0.1) is 0 Å². The van der Waals surface area contributed by atoms with Crippen LogP contribution >= 0.6 is 0 Å². The van der Waals surface area contributed by atoms with Crippen molar-refractivity contribution in [2.45, 2.75) is 117 Å². The molecule has 2 nitrogen and oxygen atoms in total. The molecule has 1 rings (SSSR count). The molecule has 0 heterocycles. The zero-order chi connectivity index (χ0) is 20.3. The predicted octanol–water partition coefficient (Wildman–Crippen LogP) is 8.10. The van der Waals surface area contributed by atoms with Gasteiger partial charge in [0, 0.05) is 11.0 Å².